The molecule has 0 bridgehead atoms. The second-order valence-corrected chi connectivity index (χ2v) is 6.99. The van der Waals surface area contributed by atoms with Crippen LogP contribution in [0.3, 0.4) is 0 Å². The number of aliphatic carboxylic acids is 1. The van der Waals surface area contributed by atoms with E-state index in [0.717, 1.165) is 0 Å². The first-order valence-corrected chi connectivity index (χ1v) is 8.89. The van der Waals surface area contributed by atoms with E-state index in [4.69, 9.17) is 9.84 Å². The van der Waals surface area contributed by atoms with Crippen molar-refractivity contribution in [1.82, 2.24) is 0 Å². The van der Waals surface area contributed by atoms with Gasteiger partial charge in [0.1, 0.15) is 5.75 Å². The van der Waals surface area contributed by atoms with Gasteiger partial charge in [-0.1, -0.05) is 0 Å². The van der Waals surface area contributed by atoms with E-state index < -0.39 is 17.5 Å². The molecule has 0 fully saturated rings. The summed E-state index contributed by atoms with van der Waals surface area (Å²) in [4.78, 5) is 20.9. The molecule has 0 saturated carbocycles. The van der Waals surface area contributed by atoms with Gasteiger partial charge in [0.25, 0.3) is 5.69 Å². The minimum atomic E-state index is -1.08. The predicted molar refractivity (Wildman–Crippen MR) is 107 cm³/mol. The molecule has 7 nitrogen and oxygen atoms in total. The fourth-order valence-corrected chi connectivity index (χ4v) is 3.81. The molecule has 132 valence electrons. The quantitative estimate of drug-likeness (QED) is 0.194. The normalized spacial score (nSPS) is 10.9. The summed E-state index contributed by atoms with van der Waals surface area (Å²) in [7, 11) is 0. The minimum absolute atomic E-state index is 0.0525. The van der Waals surface area contributed by atoms with Gasteiger partial charge in [-0.15, -0.1) is 0 Å². The number of carboxylic acid groups (broad SMARTS) is 1. The summed E-state index contributed by atoms with van der Waals surface area (Å²) in [5.41, 5.74) is 1.53. The molecule has 0 aliphatic carbocycles. The van der Waals surface area contributed by atoms with Crippen LogP contribution >= 0.6 is 38.5 Å². The van der Waals surface area contributed by atoms with Crippen LogP contribution in [-0.2, 0) is 4.79 Å². The number of rotatable bonds is 6. The topological polar surface area (TPSA) is 113 Å². The average Bonchev–Trinajstić information content (AvgIpc) is 2.58. The fourth-order valence-electron chi connectivity index (χ4n) is 2.04. The van der Waals surface area contributed by atoms with Gasteiger partial charge in [-0.2, -0.15) is 5.26 Å². The lowest BCUT2D eigenvalue weighted by Crippen LogP contribution is -2.10. The van der Waals surface area contributed by atoms with Gasteiger partial charge in [0, 0.05) is 12.1 Å². The van der Waals surface area contributed by atoms with E-state index in [1.165, 1.54) is 24.3 Å². The van der Waals surface area contributed by atoms with Gasteiger partial charge in [0.05, 0.1) is 24.6 Å². The highest BCUT2D eigenvalue weighted by atomic mass is 127. The lowest BCUT2D eigenvalue weighted by molar-refractivity contribution is -0.384. The Hall–Kier alpha value is -2.45. The van der Waals surface area contributed by atoms with Gasteiger partial charge in [0.2, 0.25) is 0 Å². The number of nitro benzene ring substituents is 1. The van der Waals surface area contributed by atoms with Crippen molar-refractivity contribution in [3.8, 4) is 11.8 Å². The Bertz CT molecular complexity index is 912. The second kappa shape index (κ2) is 8.77. The van der Waals surface area contributed by atoms with Gasteiger partial charge in [-0.3, -0.25) is 10.1 Å². The molecule has 0 unspecified atom stereocenters. The van der Waals surface area contributed by atoms with Crippen molar-refractivity contribution in [3.63, 3.8) is 0 Å². The number of hydrogen-bond acceptors (Lipinski definition) is 5. The number of nitrogens with zero attached hydrogens (tertiary/aromatic N) is 2. The number of nitro groups is 1. The minimum Gasteiger partial charge on any atom is -0.480 e. The number of carbonyl (C=O) groups is 1. The van der Waals surface area contributed by atoms with Crippen molar-refractivity contribution >= 4 is 61.8 Å². The molecular weight excluding hydrogens is 519 g/mol. The van der Waals surface area contributed by atoms with Gasteiger partial charge >= 0.3 is 5.97 Å². The van der Waals surface area contributed by atoms with Gasteiger partial charge < -0.3 is 9.84 Å². The average molecular weight is 529 g/mol. The molecular formula is C17H10BrIN2O5. The number of halogens is 2. The predicted octanol–water partition coefficient (Wildman–Crippen LogP) is 4.49. The van der Waals surface area contributed by atoms with Crippen LogP contribution in [0.25, 0.3) is 11.6 Å². The summed E-state index contributed by atoms with van der Waals surface area (Å²) in [5, 5.41) is 28.8. The van der Waals surface area contributed by atoms with Crippen LogP contribution in [0.5, 0.6) is 5.75 Å². The highest BCUT2D eigenvalue weighted by Gasteiger charge is 2.12. The van der Waals surface area contributed by atoms with Crippen LogP contribution in [0.15, 0.2) is 40.9 Å². The van der Waals surface area contributed by atoms with E-state index >= 15 is 0 Å². The number of ether oxygens (including phenoxy) is 1. The maximum atomic E-state index is 10.7. The highest BCUT2D eigenvalue weighted by molar-refractivity contribution is 14.1. The largest absolute Gasteiger partial charge is 0.480 e. The van der Waals surface area contributed by atoms with Gasteiger partial charge in [-0.25, -0.2) is 4.79 Å². The molecule has 2 aromatic rings. The number of hydrogen-bond donors (Lipinski definition) is 1. The van der Waals surface area contributed by atoms with Crippen LogP contribution in [0, 0.1) is 25.0 Å². The second-order valence-electron chi connectivity index (χ2n) is 4.97. The number of allylic oxidation sites excluding steroid dienone is 1. The molecule has 1 N–H and O–H groups in total. The Morgan fingerprint density at radius 3 is 2.54 bits per heavy atom. The molecule has 0 saturated heterocycles. The Balaban J connectivity index is 2.35. The number of benzene rings is 2. The van der Waals surface area contributed by atoms with Crippen LogP contribution < -0.4 is 4.74 Å². The van der Waals surface area contributed by atoms with Crippen LogP contribution in [0.1, 0.15) is 11.1 Å². The van der Waals surface area contributed by atoms with Crippen molar-refractivity contribution in [2.45, 2.75) is 0 Å². The Morgan fingerprint density at radius 2 is 2.04 bits per heavy atom. The maximum absolute atomic E-state index is 10.7. The third-order valence-electron chi connectivity index (χ3n) is 3.18. The first kappa shape index (κ1) is 19.9. The smallest absolute Gasteiger partial charge is 0.341 e. The van der Waals surface area contributed by atoms with E-state index in [9.17, 15) is 20.2 Å². The summed E-state index contributed by atoms with van der Waals surface area (Å²) in [6.45, 7) is -0.462. The Labute approximate surface area is 170 Å². The molecule has 0 aliphatic rings. The van der Waals surface area contributed by atoms with E-state index in [-0.39, 0.29) is 5.69 Å². The Kier molecular flexibility index (Phi) is 6.70. The molecule has 0 spiro atoms. The SMILES string of the molecule is N#C/C(=C/c1cc(Br)c(OCC(=O)O)c(I)c1)c1ccc([N+](=O)[O-])cc1. The van der Waals surface area contributed by atoms with Crippen molar-refractivity contribution in [3.05, 3.63) is 65.7 Å². The molecule has 0 aromatic heterocycles. The summed E-state index contributed by atoms with van der Waals surface area (Å²) in [6, 6.07) is 11.2. The highest BCUT2D eigenvalue weighted by Crippen LogP contribution is 2.33. The van der Waals surface area contributed by atoms with Gasteiger partial charge in [-0.05, 0) is 80.0 Å². The molecule has 9 heteroatoms. The standard InChI is InChI=1S/C17H10BrIN2O5/c18-14-6-10(7-15(19)17(14)26-9-16(22)23)5-12(8-20)11-1-3-13(4-2-11)21(24)25/h1-7H,9H2,(H,22,23)/b12-5-. The van der Waals surface area contributed by atoms with Crippen LogP contribution in [0.4, 0.5) is 5.69 Å². The zero-order valence-corrected chi connectivity index (χ0v) is 16.7. The Morgan fingerprint density at radius 1 is 1.38 bits per heavy atom. The summed E-state index contributed by atoms with van der Waals surface area (Å²) >= 11 is 5.34. The summed E-state index contributed by atoms with van der Waals surface area (Å²) in [6.07, 6.45) is 1.63. The van der Waals surface area contributed by atoms with Crippen molar-refractivity contribution in [2.75, 3.05) is 6.61 Å². The monoisotopic (exact) mass is 528 g/mol. The molecule has 0 radical (unpaired) electrons. The fraction of sp³-hybridized carbons (Fsp3) is 0.0588. The molecule has 0 heterocycles. The van der Waals surface area contributed by atoms with E-state index in [0.29, 0.717) is 30.5 Å². The van der Waals surface area contributed by atoms with Crippen molar-refractivity contribution in [1.29, 1.82) is 5.26 Å². The van der Waals surface area contributed by atoms with Crippen LogP contribution in [0.2, 0.25) is 0 Å². The zero-order valence-electron chi connectivity index (χ0n) is 13.0. The first-order valence-electron chi connectivity index (χ1n) is 7.02. The number of non-ortho nitro benzene ring substituents is 1. The van der Waals surface area contributed by atoms with Gasteiger partial charge in [0.15, 0.2) is 6.61 Å². The van der Waals surface area contributed by atoms with Crippen LogP contribution in [-0.4, -0.2) is 22.6 Å². The first-order chi connectivity index (χ1) is 12.3. The maximum Gasteiger partial charge on any atom is 0.341 e. The zero-order chi connectivity index (χ0) is 19.3. The molecule has 0 amide bonds. The number of nitriles is 1. The molecule has 2 rings (SSSR count). The number of carboxylic acids is 1. The molecule has 26 heavy (non-hydrogen) atoms. The van der Waals surface area contributed by atoms with E-state index in [2.05, 4.69) is 22.0 Å². The summed E-state index contributed by atoms with van der Waals surface area (Å²) < 4.78 is 6.46. The third-order valence-corrected chi connectivity index (χ3v) is 4.57. The lowest BCUT2D eigenvalue weighted by Gasteiger charge is -2.10. The van der Waals surface area contributed by atoms with Crippen molar-refractivity contribution < 1.29 is 19.6 Å². The molecule has 0 atom stereocenters. The lowest BCUT2D eigenvalue weighted by atomic mass is 10.0. The van der Waals surface area contributed by atoms with Crippen molar-refractivity contribution in [2.24, 2.45) is 0 Å². The third kappa shape index (κ3) is 5.03. The summed E-state index contributed by atoms with van der Waals surface area (Å²) in [5.74, 6) is -0.680. The van der Waals surface area contributed by atoms with E-state index in [1.807, 2.05) is 22.6 Å². The van der Waals surface area contributed by atoms with E-state index in [1.54, 1.807) is 18.2 Å². The molecule has 0 aliphatic heterocycles. The molecule has 2 aromatic carbocycles.